The molecule has 0 aliphatic heterocycles. The molecule has 6 heteroatoms. The molecule has 3 rings (SSSR count). The first-order chi connectivity index (χ1) is 15.3. The molecular formula is C26H28N2O4. The number of fused-ring (bicyclic) bond motifs is 1. The molecule has 0 saturated carbocycles. The predicted octanol–water partition coefficient (Wildman–Crippen LogP) is 4.47. The van der Waals surface area contributed by atoms with E-state index in [1.807, 2.05) is 63.2 Å². The van der Waals surface area contributed by atoms with Crippen LogP contribution in [0.1, 0.15) is 36.7 Å². The number of esters is 1. The predicted molar refractivity (Wildman–Crippen MR) is 125 cm³/mol. The van der Waals surface area contributed by atoms with Crippen LogP contribution in [0.15, 0.2) is 66.7 Å². The minimum absolute atomic E-state index is 0.218. The van der Waals surface area contributed by atoms with Crippen LogP contribution in [0.3, 0.4) is 0 Å². The standard InChI is InChI=1S/C26H28N2O4/c1-16(2)23(28-25(30)20-12-7-9-17(3)15-20)26(31)32-18(4)24(29)27-22-14-8-11-19-10-5-6-13-21(19)22/h5-16,18,23H,1-4H3,(H,27,29)(H,28,30)/t18?,23-/m0/s1. The van der Waals surface area contributed by atoms with Crippen LogP contribution >= 0.6 is 0 Å². The molecule has 3 aromatic carbocycles. The van der Waals surface area contributed by atoms with Gasteiger partial charge >= 0.3 is 5.97 Å². The van der Waals surface area contributed by atoms with Crippen molar-refractivity contribution in [2.24, 2.45) is 5.92 Å². The smallest absolute Gasteiger partial charge is 0.329 e. The Kier molecular flexibility index (Phi) is 7.25. The first-order valence-electron chi connectivity index (χ1n) is 10.6. The largest absolute Gasteiger partial charge is 0.451 e. The molecule has 0 radical (unpaired) electrons. The lowest BCUT2D eigenvalue weighted by atomic mass is 10.0. The van der Waals surface area contributed by atoms with Gasteiger partial charge in [0.2, 0.25) is 0 Å². The number of rotatable bonds is 7. The summed E-state index contributed by atoms with van der Waals surface area (Å²) in [6.45, 7) is 7.02. The van der Waals surface area contributed by atoms with Crippen molar-refractivity contribution in [2.75, 3.05) is 5.32 Å². The van der Waals surface area contributed by atoms with Crippen molar-refractivity contribution >= 4 is 34.2 Å². The number of benzene rings is 3. The van der Waals surface area contributed by atoms with Gasteiger partial charge in [0.1, 0.15) is 6.04 Å². The molecule has 0 saturated heterocycles. The van der Waals surface area contributed by atoms with Gasteiger partial charge in [0.25, 0.3) is 11.8 Å². The van der Waals surface area contributed by atoms with E-state index in [9.17, 15) is 14.4 Å². The highest BCUT2D eigenvalue weighted by Crippen LogP contribution is 2.23. The lowest BCUT2D eigenvalue weighted by Crippen LogP contribution is -2.47. The summed E-state index contributed by atoms with van der Waals surface area (Å²) >= 11 is 0. The van der Waals surface area contributed by atoms with Gasteiger partial charge in [-0.3, -0.25) is 9.59 Å². The van der Waals surface area contributed by atoms with Crippen molar-refractivity contribution in [3.8, 4) is 0 Å². The van der Waals surface area contributed by atoms with Crippen LogP contribution in [-0.2, 0) is 14.3 Å². The highest BCUT2D eigenvalue weighted by atomic mass is 16.5. The summed E-state index contributed by atoms with van der Waals surface area (Å²) in [6.07, 6.45) is -1.03. The van der Waals surface area contributed by atoms with Gasteiger partial charge in [0.05, 0.1) is 0 Å². The molecule has 2 N–H and O–H groups in total. The van der Waals surface area contributed by atoms with Crippen LogP contribution in [0.5, 0.6) is 0 Å². The van der Waals surface area contributed by atoms with Crippen LogP contribution in [0.25, 0.3) is 10.8 Å². The Labute approximate surface area is 188 Å². The molecule has 2 atom stereocenters. The average Bonchev–Trinajstić information content (AvgIpc) is 2.77. The van der Waals surface area contributed by atoms with E-state index in [0.717, 1.165) is 16.3 Å². The minimum atomic E-state index is -1.03. The number of hydrogen-bond donors (Lipinski definition) is 2. The van der Waals surface area contributed by atoms with Crippen LogP contribution in [0, 0.1) is 12.8 Å². The Morgan fingerprint density at radius 2 is 1.56 bits per heavy atom. The van der Waals surface area contributed by atoms with Gasteiger partial charge in [0, 0.05) is 16.6 Å². The lowest BCUT2D eigenvalue weighted by Gasteiger charge is -2.23. The molecule has 32 heavy (non-hydrogen) atoms. The quantitative estimate of drug-likeness (QED) is 0.540. The molecule has 0 bridgehead atoms. The van der Waals surface area contributed by atoms with E-state index in [1.165, 1.54) is 6.92 Å². The molecule has 166 valence electrons. The third-order valence-electron chi connectivity index (χ3n) is 5.20. The molecule has 2 amide bonds. The first-order valence-corrected chi connectivity index (χ1v) is 10.6. The summed E-state index contributed by atoms with van der Waals surface area (Å²) in [5.74, 6) is -1.68. The molecule has 0 fully saturated rings. The van der Waals surface area contributed by atoms with E-state index in [-0.39, 0.29) is 11.8 Å². The molecule has 0 aromatic heterocycles. The number of aryl methyl sites for hydroxylation is 1. The zero-order valence-corrected chi connectivity index (χ0v) is 18.7. The number of carbonyl (C=O) groups is 3. The minimum Gasteiger partial charge on any atom is -0.451 e. The van der Waals surface area contributed by atoms with Crippen molar-refractivity contribution in [2.45, 2.75) is 39.8 Å². The molecule has 6 nitrogen and oxygen atoms in total. The van der Waals surface area contributed by atoms with Crippen molar-refractivity contribution in [3.05, 3.63) is 77.9 Å². The van der Waals surface area contributed by atoms with Crippen molar-refractivity contribution in [1.82, 2.24) is 5.32 Å². The molecule has 0 aliphatic carbocycles. The molecule has 0 heterocycles. The Morgan fingerprint density at radius 3 is 2.28 bits per heavy atom. The first kappa shape index (κ1) is 23.0. The maximum absolute atomic E-state index is 12.8. The van der Waals surface area contributed by atoms with E-state index in [4.69, 9.17) is 4.74 Å². The maximum atomic E-state index is 12.8. The van der Waals surface area contributed by atoms with Gasteiger partial charge in [-0.1, -0.05) is 67.9 Å². The van der Waals surface area contributed by atoms with E-state index < -0.39 is 24.0 Å². The van der Waals surface area contributed by atoms with E-state index >= 15 is 0 Å². The van der Waals surface area contributed by atoms with Crippen molar-refractivity contribution in [1.29, 1.82) is 0 Å². The fourth-order valence-corrected chi connectivity index (χ4v) is 3.38. The summed E-state index contributed by atoms with van der Waals surface area (Å²) in [6, 6.07) is 19.5. The van der Waals surface area contributed by atoms with Crippen LogP contribution < -0.4 is 10.6 Å². The Hall–Kier alpha value is -3.67. The summed E-state index contributed by atoms with van der Waals surface area (Å²) in [5.41, 5.74) is 2.05. The second-order valence-electron chi connectivity index (χ2n) is 8.16. The SMILES string of the molecule is Cc1cccc(C(=O)N[C@H](C(=O)OC(C)C(=O)Nc2cccc3ccccc23)C(C)C)c1. The molecule has 1 unspecified atom stereocenters. The summed E-state index contributed by atoms with van der Waals surface area (Å²) < 4.78 is 5.41. The highest BCUT2D eigenvalue weighted by Gasteiger charge is 2.29. The lowest BCUT2D eigenvalue weighted by molar-refractivity contribution is -0.156. The van der Waals surface area contributed by atoms with E-state index in [0.29, 0.717) is 11.3 Å². The highest BCUT2D eigenvalue weighted by molar-refractivity contribution is 6.04. The van der Waals surface area contributed by atoms with Gasteiger partial charge < -0.3 is 15.4 Å². The van der Waals surface area contributed by atoms with Gasteiger partial charge in [-0.2, -0.15) is 0 Å². The number of hydrogen-bond acceptors (Lipinski definition) is 4. The maximum Gasteiger partial charge on any atom is 0.329 e. The number of amides is 2. The zero-order chi connectivity index (χ0) is 23.3. The summed E-state index contributed by atoms with van der Waals surface area (Å²) in [7, 11) is 0. The molecule has 3 aromatic rings. The van der Waals surface area contributed by atoms with Gasteiger partial charge in [-0.15, -0.1) is 0 Å². The second-order valence-corrected chi connectivity index (χ2v) is 8.16. The summed E-state index contributed by atoms with van der Waals surface area (Å²) in [4.78, 5) is 38.1. The monoisotopic (exact) mass is 432 g/mol. The third-order valence-corrected chi connectivity index (χ3v) is 5.20. The normalized spacial score (nSPS) is 12.8. The molecule has 0 aliphatic rings. The number of ether oxygens (including phenoxy) is 1. The topological polar surface area (TPSA) is 84.5 Å². The third kappa shape index (κ3) is 5.52. The van der Waals surface area contributed by atoms with Gasteiger partial charge in [0.15, 0.2) is 6.10 Å². The zero-order valence-electron chi connectivity index (χ0n) is 18.7. The van der Waals surface area contributed by atoms with Crippen molar-refractivity contribution < 1.29 is 19.1 Å². The second kappa shape index (κ2) is 10.1. The summed E-state index contributed by atoms with van der Waals surface area (Å²) in [5, 5.41) is 7.45. The Morgan fingerprint density at radius 1 is 0.875 bits per heavy atom. The number of carbonyl (C=O) groups excluding carboxylic acids is 3. The Bertz CT molecular complexity index is 1130. The van der Waals surface area contributed by atoms with Crippen LogP contribution in [0.2, 0.25) is 0 Å². The van der Waals surface area contributed by atoms with Gasteiger partial charge in [-0.25, -0.2) is 4.79 Å². The van der Waals surface area contributed by atoms with E-state index in [2.05, 4.69) is 10.6 Å². The number of anilines is 1. The van der Waals surface area contributed by atoms with Crippen LogP contribution in [0.4, 0.5) is 5.69 Å². The van der Waals surface area contributed by atoms with Crippen LogP contribution in [-0.4, -0.2) is 29.9 Å². The fraction of sp³-hybridized carbons (Fsp3) is 0.269. The molecule has 0 spiro atoms. The van der Waals surface area contributed by atoms with Crippen molar-refractivity contribution in [3.63, 3.8) is 0 Å². The average molecular weight is 433 g/mol. The van der Waals surface area contributed by atoms with Gasteiger partial charge in [-0.05, 0) is 43.4 Å². The van der Waals surface area contributed by atoms with E-state index in [1.54, 1.807) is 24.3 Å². The fourth-order valence-electron chi connectivity index (χ4n) is 3.38. The molecular weight excluding hydrogens is 404 g/mol. The Balaban J connectivity index is 1.66. The number of nitrogens with one attached hydrogen (secondary N) is 2.